The number of allylic oxidation sites excluding steroid dienone is 1. The van der Waals surface area contributed by atoms with Crippen LogP contribution in [-0.2, 0) is 13.0 Å². The van der Waals surface area contributed by atoms with Gasteiger partial charge in [0.15, 0.2) is 82.0 Å². The lowest BCUT2D eigenvalue weighted by atomic mass is 9.12. The zero-order valence-corrected chi connectivity index (χ0v) is 33.6. The minimum absolute atomic E-state index is 0.392. The van der Waals surface area contributed by atoms with E-state index in [1.807, 2.05) is 12.1 Å². The van der Waals surface area contributed by atoms with E-state index >= 15 is 35.1 Å². The number of para-hydroxylation sites is 1. The number of azide groups is 1. The molecule has 7 aromatic rings. The molecule has 7 rings (SSSR count). The highest BCUT2D eigenvalue weighted by Gasteiger charge is 2.52. The monoisotopic (exact) mass is 994 g/mol. The molecule has 0 aliphatic carbocycles. The maximum Gasteiger partial charge on any atom is 0.212 e. The molecule has 0 saturated carbocycles. The molecule has 0 aliphatic heterocycles. The van der Waals surface area contributed by atoms with Crippen molar-refractivity contribution in [3.63, 3.8) is 0 Å². The molecule has 0 atom stereocenters. The number of aromatic nitrogens is 1. The summed E-state index contributed by atoms with van der Waals surface area (Å²) in [6, 6.07) is 23.2. The molecular formula is C44H19BF20N4. The summed E-state index contributed by atoms with van der Waals surface area (Å²) in [7, 11) is 0. The lowest BCUT2D eigenvalue weighted by Gasteiger charge is -2.44. The molecule has 0 fully saturated rings. The summed E-state index contributed by atoms with van der Waals surface area (Å²) in [5, 5.41) is 4.76. The highest BCUT2D eigenvalue weighted by Crippen LogP contribution is 2.31. The van der Waals surface area contributed by atoms with Gasteiger partial charge in [-0.2, -0.15) is 4.57 Å². The minimum Gasteiger partial charge on any atom is -0.207 e. The second-order valence-corrected chi connectivity index (χ2v) is 14.3. The van der Waals surface area contributed by atoms with E-state index in [0.717, 1.165) is 13.0 Å². The molecule has 0 radical (unpaired) electrons. The van der Waals surface area contributed by atoms with Crippen molar-refractivity contribution in [2.75, 3.05) is 6.54 Å². The van der Waals surface area contributed by atoms with E-state index < -0.39 is 144 Å². The average molecular weight is 994 g/mol. The van der Waals surface area contributed by atoms with Crippen LogP contribution >= 0.6 is 0 Å². The van der Waals surface area contributed by atoms with Gasteiger partial charge in [0.1, 0.15) is 52.7 Å². The summed E-state index contributed by atoms with van der Waals surface area (Å²) in [6.45, 7) is 1.23. The standard InChI is InChI=1S/C24BF20.C20H19N4/c26-5-1(6(27)14(35)21(42)13(5)34)25(2-7(28)15(36)22(43)16(37)8(2)29,3-9(30)17(38)23(44)18(39)10(3)31)4-11(32)19(40)24(45)20(41)12(4)33;21-23-22-15-7-6-11-19-14-13-18-10-4-5-12-20(18)24(19)16-17-8-2-1-3-9-17/h;1-10,12-14H,11,15-16H2/q-1;+1. The van der Waals surface area contributed by atoms with E-state index in [2.05, 4.69) is 81.3 Å². The number of rotatable bonds is 10. The fourth-order valence-corrected chi connectivity index (χ4v) is 7.67. The van der Waals surface area contributed by atoms with E-state index in [4.69, 9.17) is 5.53 Å². The zero-order valence-electron chi connectivity index (χ0n) is 33.6. The maximum absolute atomic E-state index is 15.4. The van der Waals surface area contributed by atoms with Crippen molar-refractivity contribution in [1.29, 1.82) is 0 Å². The number of hydrogen-bond acceptors (Lipinski definition) is 1. The van der Waals surface area contributed by atoms with Crippen molar-refractivity contribution in [2.24, 2.45) is 5.11 Å². The van der Waals surface area contributed by atoms with Gasteiger partial charge in [-0.05, 0) is 17.7 Å². The van der Waals surface area contributed by atoms with Crippen molar-refractivity contribution in [3.8, 4) is 0 Å². The number of pyridine rings is 1. The largest absolute Gasteiger partial charge is 0.212 e. The molecule has 0 saturated heterocycles. The van der Waals surface area contributed by atoms with Crippen molar-refractivity contribution < 1.29 is 92.4 Å². The van der Waals surface area contributed by atoms with E-state index in [1.165, 1.54) is 22.2 Å². The van der Waals surface area contributed by atoms with Crippen LogP contribution in [0.25, 0.3) is 21.3 Å². The Morgan fingerprint density at radius 3 is 1.10 bits per heavy atom. The van der Waals surface area contributed by atoms with Gasteiger partial charge in [-0.3, -0.25) is 0 Å². The third kappa shape index (κ3) is 8.54. The Kier molecular flexibility index (Phi) is 14.7. The molecule has 0 aliphatic rings. The zero-order chi connectivity index (χ0) is 51.0. The number of halogens is 20. The van der Waals surface area contributed by atoms with Crippen molar-refractivity contribution in [2.45, 2.75) is 13.0 Å². The second-order valence-electron chi connectivity index (χ2n) is 14.3. The molecule has 6 aromatic carbocycles. The predicted octanol–water partition coefficient (Wildman–Crippen LogP) is 10.4. The Hall–Kier alpha value is -7.56. The van der Waals surface area contributed by atoms with Gasteiger partial charge in [0.25, 0.3) is 0 Å². The van der Waals surface area contributed by atoms with Gasteiger partial charge in [0.2, 0.25) is 5.52 Å². The van der Waals surface area contributed by atoms with Crippen LogP contribution in [0, 0.1) is 116 Å². The van der Waals surface area contributed by atoms with E-state index in [0.29, 0.717) is 6.54 Å². The third-order valence-electron chi connectivity index (χ3n) is 10.7. The van der Waals surface area contributed by atoms with Crippen LogP contribution in [0.1, 0.15) is 11.3 Å². The summed E-state index contributed by atoms with van der Waals surface area (Å²) in [5.41, 5.74) is -2.27. The van der Waals surface area contributed by atoms with Crippen molar-refractivity contribution >= 4 is 38.9 Å². The van der Waals surface area contributed by atoms with Crippen molar-refractivity contribution in [1.82, 2.24) is 0 Å². The fraction of sp³-hybridized carbons (Fsp3) is 0.0682. The quantitative estimate of drug-likeness (QED) is 0.0151. The van der Waals surface area contributed by atoms with Gasteiger partial charge < -0.3 is 0 Å². The topological polar surface area (TPSA) is 52.6 Å². The van der Waals surface area contributed by atoms with E-state index in [9.17, 15) is 52.7 Å². The van der Waals surface area contributed by atoms with Gasteiger partial charge in [-0.25, -0.2) is 87.8 Å². The van der Waals surface area contributed by atoms with Crippen LogP contribution in [-0.4, -0.2) is 12.7 Å². The highest BCUT2D eigenvalue weighted by molar-refractivity contribution is 7.20. The number of nitrogens with zero attached hydrogens (tertiary/aromatic N) is 4. The molecule has 0 spiro atoms. The van der Waals surface area contributed by atoms with Gasteiger partial charge in [0.05, 0.1) is 6.42 Å². The van der Waals surface area contributed by atoms with E-state index in [-0.39, 0.29) is 0 Å². The Labute approximate surface area is 372 Å². The molecule has 0 N–H and O–H groups in total. The first kappa shape index (κ1) is 50.8. The predicted molar refractivity (Wildman–Crippen MR) is 206 cm³/mol. The molecule has 25 heteroatoms. The molecule has 0 amide bonds. The molecule has 1 aromatic heterocycles. The summed E-state index contributed by atoms with van der Waals surface area (Å²) in [6.07, 6.45) is -2.45. The van der Waals surface area contributed by atoms with Gasteiger partial charge in [-0.1, -0.05) is 59.7 Å². The van der Waals surface area contributed by atoms with Gasteiger partial charge in [-0.15, -0.1) is 21.9 Å². The molecule has 4 nitrogen and oxygen atoms in total. The smallest absolute Gasteiger partial charge is 0.207 e. The minimum atomic E-state index is -7.22. The fourth-order valence-electron chi connectivity index (χ4n) is 7.67. The summed E-state index contributed by atoms with van der Waals surface area (Å²) >= 11 is 0. The number of fused-ring (bicyclic) bond motifs is 1. The molecule has 0 bridgehead atoms. The Balaban J connectivity index is 0.000000273. The first-order valence-corrected chi connectivity index (χ1v) is 18.9. The Bertz CT molecular complexity index is 2890. The van der Waals surface area contributed by atoms with Crippen LogP contribution in [0.5, 0.6) is 0 Å². The van der Waals surface area contributed by atoms with Crippen LogP contribution in [0.4, 0.5) is 87.8 Å². The Morgan fingerprint density at radius 1 is 0.406 bits per heavy atom. The molecule has 1 heterocycles. The van der Waals surface area contributed by atoms with E-state index in [1.54, 1.807) is 0 Å². The molecule has 0 unspecified atom stereocenters. The normalized spacial score (nSPS) is 11.6. The van der Waals surface area contributed by atoms with Gasteiger partial charge >= 0.3 is 0 Å². The lowest BCUT2D eigenvalue weighted by Crippen LogP contribution is -2.81. The maximum atomic E-state index is 15.4. The van der Waals surface area contributed by atoms with Crippen LogP contribution in [0.3, 0.4) is 0 Å². The SMILES string of the molecule is Fc1c(F)c(F)c([B-](c2c(F)c(F)c(F)c(F)c2F)(c2c(F)c(F)c(F)c(F)c2F)c2c(F)c(F)c(F)c(F)c2F)c(F)c1F.[N-]=[N+]=NCC=CCc1ccc2ccccc2[n+]1Cc1ccccc1. The summed E-state index contributed by atoms with van der Waals surface area (Å²) < 4.78 is 296. The molecular weight excluding hydrogens is 975 g/mol. The first-order chi connectivity index (χ1) is 32.6. The number of hydrogen-bond donors (Lipinski definition) is 0. The molecule has 358 valence electrons. The number of benzene rings is 6. The van der Waals surface area contributed by atoms with Crippen LogP contribution in [0.15, 0.2) is 84.0 Å². The van der Waals surface area contributed by atoms with Crippen LogP contribution < -0.4 is 26.4 Å². The second kappa shape index (κ2) is 20.0. The lowest BCUT2D eigenvalue weighted by molar-refractivity contribution is -0.669. The molecule has 69 heavy (non-hydrogen) atoms. The van der Waals surface area contributed by atoms with Crippen LogP contribution in [0.2, 0.25) is 0 Å². The van der Waals surface area contributed by atoms with Crippen molar-refractivity contribution in [3.05, 3.63) is 217 Å². The summed E-state index contributed by atoms with van der Waals surface area (Å²) in [4.78, 5) is 2.76. The average Bonchev–Trinajstić information content (AvgIpc) is 3.34. The summed E-state index contributed by atoms with van der Waals surface area (Å²) in [5.74, 6) is -71.4. The highest BCUT2D eigenvalue weighted by atomic mass is 19.2. The first-order valence-electron chi connectivity index (χ1n) is 18.9. The van der Waals surface area contributed by atoms with Gasteiger partial charge in [0, 0.05) is 34.5 Å². The Morgan fingerprint density at radius 2 is 0.739 bits per heavy atom. The third-order valence-corrected chi connectivity index (χ3v) is 10.7.